The number of piperazine rings is 1. The van der Waals surface area contributed by atoms with Gasteiger partial charge in [-0.3, -0.25) is 14.5 Å². The molecule has 0 spiro atoms. The average Bonchev–Trinajstić information content (AvgIpc) is 2.82. The fourth-order valence-corrected chi connectivity index (χ4v) is 5.17. The molecule has 3 aliphatic rings. The molecule has 1 aliphatic carbocycles. The lowest BCUT2D eigenvalue weighted by atomic mass is 9.57. The molecule has 9 nitrogen and oxygen atoms in total. The van der Waals surface area contributed by atoms with Crippen LogP contribution in [0.3, 0.4) is 0 Å². The van der Waals surface area contributed by atoms with Crippen molar-refractivity contribution in [2.45, 2.75) is 52.4 Å². The van der Waals surface area contributed by atoms with Crippen LogP contribution in [0.1, 0.15) is 41.0 Å². The van der Waals surface area contributed by atoms with Gasteiger partial charge in [0.1, 0.15) is 5.60 Å². The number of fused-ring (bicyclic) bond motifs is 1. The summed E-state index contributed by atoms with van der Waals surface area (Å²) < 4.78 is 5.69. The number of methoxy groups -OCH3 is 1. The number of hydrogen-bond acceptors (Lipinski definition) is 9. The molecule has 0 aromatic carbocycles. The van der Waals surface area contributed by atoms with Gasteiger partial charge in [0.25, 0.3) is 0 Å². The summed E-state index contributed by atoms with van der Waals surface area (Å²) in [5.41, 5.74) is -2.71. The zero-order valence-electron chi connectivity index (χ0n) is 20.4. The molecular formula is C24H34N4O5. The van der Waals surface area contributed by atoms with Crippen molar-refractivity contribution in [2.75, 3.05) is 44.7 Å². The van der Waals surface area contributed by atoms with E-state index in [0.717, 1.165) is 38.7 Å². The van der Waals surface area contributed by atoms with Crippen LogP contribution in [-0.2, 0) is 24.1 Å². The van der Waals surface area contributed by atoms with Gasteiger partial charge >= 0.3 is 0 Å². The van der Waals surface area contributed by atoms with E-state index in [1.54, 1.807) is 40.1 Å². The molecule has 0 unspecified atom stereocenters. The Kier molecular flexibility index (Phi) is 5.97. The van der Waals surface area contributed by atoms with Crippen LogP contribution in [0.5, 0.6) is 0 Å². The Balaban J connectivity index is 1.48. The Morgan fingerprint density at radius 3 is 2.24 bits per heavy atom. The van der Waals surface area contributed by atoms with Gasteiger partial charge in [-0.1, -0.05) is 0 Å². The molecule has 2 fully saturated rings. The lowest BCUT2D eigenvalue weighted by molar-refractivity contribution is -0.469. The number of carbonyl (C=O) groups is 2. The maximum atomic E-state index is 13.4. The molecule has 2 aliphatic heterocycles. The molecule has 0 amide bonds. The Labute approximate surface area is 195 Å². The van der Waals surface area contributed by atoms with Crippen molar-refractivity contribution in [3.05, 3.63) is 30.1 Å². The molecule has 1 aromatic rings. The highest BCUT2D eigenvalue weighted by Crippen LogP contribution is 2.54. The highest BCUT2D eigenvalue weighted by atomic mass is 17.2. The van der Waals surface area contributed by atoms with Crippen LogP contribution < -0.4 is 4.90 Å². The van der Waals surface area contributed by atoms with Crippen LogP contribution in [0.4, 0.5) is 5.95 Å². The number of hydrogen-bond donors (Lipinski definition) is 0. The predicted octanol–water partition coefficient (Wildman–Crippen LogP) is 2.18. The molecule has 3 heterocycles. The summed E-state index contributed by atoms with van der Waals surface area (Å²) in [6.45, 7) is 12.9. The van der Waals surface area contributed by atoms with Crippen LogP contribution in [0, 0.1) is 10.8 Å². The average molecular weight is 459 g/mol. The van der Waals surface area contributed by atoms with E-state index in [0.29, 0.717) is 12.0 Å². The van der Waals surface area contributed by atoms with Crippen LogP contribution in [0.25, 0.3) is 0 Å². The molecule has 0 bridgehead atoms. The molecule has 0 radical (unpaired) electrons. The standard InChI is InChI=1S/C24H34N4O5/c1-21(2)18(29)17-16-23(5,32-33-24(17,31-6)22(3,4)19(21)30)8-11-27-12-14-28(15-13-27)20-25-9-7-10-26-20/h7,9-10,16H,8,11-15H2,1-6H3/t23-,24-/m1/s1. The summed E-state index contributed by atoms with van der Waals surface area (Å²) in [5.74, 6) is -1.31. The van der Waals surface area contributed by atoms with E-state index in [4.69, 9.17) is 14.5 Å². The van der Waals surface area contributed by atoms with Gasteiger partial charge in [0.05, 0.1) is 16.4 Å². The van der Waals surface area contributed by atoms with Gasteiger partial charge in [0.2, 0.25) is 11.7 Å². The normalized spacial score (nSPS) is 31.8. The quantitative estimate of drug-likeness (QED) is 0.486. The maximum Gasteiger partial charge on any atom is 0.242 e. The summed E-state index contributed by atoms with van der Waals surface area (Å²) in [6, 6.07) is 1.81. The van der Waals surface area contributed by atoms with Crippen molar-refractivity contribution in [1.29, 1.82) is 0 Å². The van der Waals surface area contributed by atoms with Gasteiger partial charge in [-0.2, -0.15) is 4.89 Å². The topological polar surface area (TPSA) is 94.1 Å². The van der Waals surface area contributed by atoms with Crippen LogP contribution in [0.15, 0.2) is 30.1 Å². The van der Waals surface area contributed by atoms with Crippen molar-refractivity contribution < 1.29 is 24.1 Å². The highest BCUT2D eigenvalue weighted by Gasteiger charge is 2.68. The van der Waals surface area contributed by atoms with E-state index in [2.05, 4.69) is 19.8 Å². The minimum Gasteiger partial charge on any atom is -0.346 e. The molecule has 33 heavy (non-hydrogen) atoms. The number of Topliss-reactive ketones (excluding diaryl/α,β-unsaturated/α-hetero) is 2. The summed E-state index contributed by atoms with van der Waals surface area (Å²) >= 11 is 0. The number of aromatic nitrogens is 2. The minimum absolute atomic E-state index is 0.230. The molecule has 2 atom stereocenters. The van der Waals surface area contributed by atoms with Gasteiger partial charge in [-0.05, 0) is 53.2 Å². The van der Waals surface area contributed by atoms with Crippen molar-refractivity contribution in [3.8, 4) is 0 Å². The second kappa shape index (κ2) is 8.23. The molecule has 1 saturated carbocycles. The zero-order chi connectivity index (χ0) is 24.1. The highest BCUT2D eigenvalue weighted by molar-refractivity contribution is 6.19. The van der Waals surface area contributed by atoms with Crippen molar-refractivity contribution in [2.24, 2.45) is 10.8 Å². The third kappa shape index (κ3) is 3.80. The van der Waals surface area contributed by atoms with Gasteiger partial charge in [0, 0.05) is 52.2 Å². The third-order valence-corrected chi connectivity index (χ3v) is 7.34. The lowest BCUT2D eigenvalue weighted by Gasteiger charge is -2.54. The SMILES string of the molecule is CO[C@@]12OO[C@](C)(CCN3CCN(c4ncccn4)CC3)C=C1C(=O)C(C)(C)C(=O)C2(C)C. The Morgan fingerprint density at radius 2 is 1.64 bits per heavy atom. The molecule has 180 valence electrons. The van der Waals surface area contributed by atoms with Crippen molar-refractivity contribution in [3.63, 3.8) is 0 Å². The first-order valence-corrected chi connectivity index (χ1v) is 11.5. The van der Waals surface area contributed by atoms with Gasteiger partial charge in [-0.25, -0.2) is 14.9 Å². The summed E-state index contributed by atoms with van der Waals surface area (Å²) in [6.07, 6.45) is 5.95. The van der Waals surface area contributed by atoms with Gasteiger partial charge in [-0.15, -0.1) is 0 Å². The first kappa shape index (κ1) is 23.9. The first-order valence-electron chi connectivity index (χ1n) is 11.5. The van der Waals surface area contributed by atoms with Crippen LogP contribution >= 0.6 is 0 Å². The second-order valence-electron chi connectivity index (χ2n) is 10.4. The number of rotatable bonds is 5. The smallest absolute Gasteiger partial charge is 0.242 e. The molecule has 1 saturated heterocycles. The molecular weight excluding hydrogens is 424 g/mol. The Hall–Kier alpha value is -2.20. The predicted molar refractivity (Wildman–Crippen MR) is 121 cm³/mol. The second-order valence-corrected chi connectivity index (χ2v) is 10.4. The minimum atomic E-state index is -1.56. The maximum absolute atomic E-state index is 13.4. The molecule has 9 heteroatoms. The zero-order valence-corrected chi connectivity index (χ0v) is 20.4. The van der Waals surface area contributed by atoms with Crippen LogP contribution in [-0.4, -0.2) is 77.7 Å². The summed E-state index contributed by atoms with van der Waals surface area (Å²) in [4.78, 5) is 51.4. The van der Waals surface area contributed by atoms with E-state index >= 15 is 0 Å². The number of carbonyl (C=O) groups excluding carboxylic acids is 2. The monoisotopic (exact) mass is 458 g/mol. The van der Waals surface area contributed by atoms with E-state index in [-0.39, 0.29) is 11.6 Å². The number of ketones is 2. The molecule has 0 N–H and O–H groups in total. The third-order valence-electron chi connectivity index (χ3n) is 7.34. The Morgan fingerprint density at radius 1 is 1.00 bits per heavy atom. The van der Waals surface area contributed by atoms with Gasteiger partial charge in [0.15, 0.2) is 11.6 Å². The van der Waals surface area contributed by atoms with Gasteiger partial charge < -0.3 is 9.64 Å². The van der Waals surface area contributed by atoms with Crippen molar-refractivity contribution in [1.82, 2.24) is 14.9 Å². The van der Waals surface area contributed by atoms with Crippen LogP contribution in [0.2, 0.25) is 0 Å². The first-order chi connectivity index (χ1) is 15.5. The number of ether oxygens (including phenoxy) is 1. The number of nitrogens with zero attached hydrogens (tertiary/aromatic N) is 4. The number of anilines is 1. The van der Waals surface area contributed by atoms with E-state index in [1.807, 2.05) is 19.1 Å². The summed E-state index contributed by atoms with van der Waals surface area (Å²) in [7, 11) is 1.44. The molecule has 4 rings (SSSR count). The lowest BCUT2D eigenvalue weighted by Crippen LogP contribution is -2.67. The molecule has 1 aromatic heterocycles. The van der Waals surface area contributed by atoms with Crippen molar-refractivity contribution >= 4 is 17.5 Å². The largest absolute Gasteiger partial charge is 0.346 e. The van der Waals surface area contributed by atoms with E-state index in [1.165, 1.54) is 7.11 Å². The fourth-order valence-electron chi connectivity index (χ4n) is 5.17. The summed E-state index contributed by atoms with van der Waals surface area (Å²) in [5, 5.41) is 0. The Bertz CT molecular complexity index is 955. The fraction of sp³-hybridized carbons (Fsp3) is 0.667. The van der Waals surface area contributed by atoms with E-state index < -0.39 is 22.2 Å². The van der Waals surface area contributed by atoms with E-state index in [9.17, 15) is 9.59 Å².